The smallest absolute Gasteiger partial charge is 0.145 e. The summed E-state index contributed by atoms with van der Waals surface area (Å²) in [4.78, 5) is 11.0. The normalized spacial score (nSPS) is 22.9. The highest BCUT2D eigenvalue weighted by molar-refractivity contribution is 5.85. The number of methoxy groups -OCH3 is 2. The number of ether oxygens (including phenoxy) is 2. The number of carboxylic acid groups (broad SMARTS) is 1. The number of carbonyl (C=O) groups excluding carboxylic acids is 1. The predicted octanol–water partition coefficient (Wildman–Crippen LogP) is 2.89. The molecule has 5 nitrogen and oxygen atoms in total. The molecule has 0 fully saturated rings. The van der Waals surface area contributed by atoms with Crippen LogP contribution in [0.15, 0.2) is 48.6 Å². The van der Waals surface area contributed by atoms with Gasteiger partial charge in [0, 0.05) is 12.0 Å². The van der Waals surface area contributed by atoms with Crippen molar-refractivity contribution in [2.75, 3.05) is 19.5 Å². The summed E-state index contributed by atoms with van der Waals surface area (Å²) in [5.74, 6) is 0.981. The van der Waals surface area contributed by atoms with E-state index in [2.05, 4.69) is 23.5 Å². The Balaban J connectivity index is 1.77. The van der Waals surface area contributed by atoms with Gasteiger partial charge in [-0.25, -0.2) is 0 Å². The van der Waals surface area contributed by atoms with Crippen molar-refractivity contribution in [2.24, 2.45) is 5.92 Å². The molecule has 0 radical (unpaired) electrons. The van der Waals surface area contributed by atoms with Crippen molar-refractivity contribution in [2.45, 2.75) is 18.4 Å². The van der Waals surface area contributed by atoms with Crippen LogP contribution < -0.4 is 19.9 Å². The number of hydrogen-bond acceptors (Lipinski definition) is 5. The Labute approximate surface area is 152 Å². The molecule has 0 unspecified atom stereocenters. The molecule has 0 amide bonds. The maximum Gasteiger partial charge on any atom is 0.145 e. The van der Waals surface area contributed by atoms with Gasteiger partial charge in [-0.15, -0.1) is 0 Å². The number of fused-ring (bicyclic) bond motifs is 3. The van der Waals surface area contributed by atoms with Gasteiger partial charge in [0.05, 0.1) is 31.9 Å². The van der Waals surface area contributed by atoms with Gasteiger partial charge in [-0.2, -0.15) is 0 Å². The molecule has 2 aromatic carbocycles. The molecule has 2 aromatic rings. The average molecular weight is 350 g/mol. The molecule has 4 rings (SSSR count). The molecule has 0 saturated heterocycles. The summed E-state index contributed by atoms with van der Waals surface area (Å²) in [6.45, 7) is 0. The van der Waals surface area contributed by atoms with Crippen LogP contribution >= 0.6 is 0 Å². The summed E-state index contributed by atoms with van der Waals surface area (Å²) < 4.78 is 11.0. The quantitative estimate of drug-likeness (QED) is 0.859. The van der Waals surface area contributed by atoms with Crippen LogP contribution in [-0.2, 0) is 0 Å². The van der Waals surface area contributed by atoms with E-state index in [0.717, 1.165) is 29.2 Å². The monoisotopic (exact) mass is 350 g/mol. The van der Waals surface area contributed by atoms with Gasteiger partial charge in [-0.1, -0.05) is 36.4 Å². The molecule has 0 spiro atoms. The Bertz CT molecular complexity index is 872. The molecule has 26 heavy (non-hydrogen) atoms. The van der Waals surface area contributed by atoms with Crippen molar-refractivity contribution in [1.82, 2.24) is 0 Å². The summed E-state index contributed by atoms with van der Waals surface area (Å²) in [6, 6.07) is 10.9. The molecule has 1 aliphatic carbocycles. The highest BCUT2D eigenvalue weighted by Gasteiger charge is 2.39. The third kappa shape index (κ3) is 2.60. The Morgan fingerprint density at radius 1 is 1.15 bits per heavy atom. The Morgan fingerprint density at radius 2 is 1.92 bits per heavy atom. The van der Waals surface area contributed by atoms with Gasteiger partial charge in [0.2, 0.25) is 0 Å². The number of rotatable bonds is 4. The van der Waals surface area contributed by atoms with E-state index in [4.69, 9.17) is 9.47 Å². The van der Waals surface area contributed by atoms with Crippen LogP contribution in [0.3, 0.4) is 0 Å². The third-order valence-electron chi connectivity index (χ3n) is 5.37. The summed E-state index contributed by atoms with van der Waals surface area (Å²) >= 11 is 0. The molecule has 5 heteroatoms. The van der Waals surface area contributed by atoms with Crippen molar-refractivity contribution >= 4 is 11.7 Å². The second-order valence-corrected chi connectivity index (χ2v) is 6.68. The van der Waals surface area contributed by atoms with Crippen LogP contribution in [0.25, 0.3) is 0 Å². The number of nitrogens with one attached hydrogen (secondary N) is 1. The number of benzene rings is 2. The molecule has 3 atom stereocenters. The molecule has 1 aliphatic heterocycles. The standard InChI is InChI=1S/C21H21NO4/c1-25-14-10-17-15-4-3-5-16(15)19(22-20(17)18(11-14)26-2)12-6-8-13(9-7-12)21(23)24/h3-4,6-11,15-16,19,22H,5H2,1-2H3,(H,23,24)/p-1/t15-,16+,19-/m1/s1. The first-order valence-corrected chi connectivity index (χ1v) is 8.62. The first kappa shape index (κ1) is 16.5. The Hall–Kier alpha value is -2.95. The summed E-state index contributed by atoms with van der Waals surface area (Å²) in [7, 11) is 3.30. The number of allylic oxidation sites excluding steroid dienone is 2. The van der Waals surface area contributed by atoms with Gasteiger partial charge in [0.25, 0.3) is 0 Å². The minimum absolute atomic E-state index is 0.0700. The van der Waals surface area contributed by atoms with Gasteiger partial charge in [-0.3, -0.25) is 0 Å². The fourth-order valence-corrected chi connectivity index (χ4v) is 4.08. The molecule has 1 heterocycles. The first-order chi connectivity index (χ1) is 12.6. The molecule has 0 saturated carbocycles. The van der Waals surface area contributed by atoms with Crippen LogP contribution in [-0.4, -0.2) is 20.2 Å². The van der Waals surface area contributed by atoms with Crippen molar-refractivity contribution in [1.29, 1.82) is 0 Å². The predicted molar refractivity (Wildman–Crippen MR) is 96.7 cm³/mol. The number of anilines is 1. The highest BCUT2D eigenvalue weighted by Crippen LogP contribution is 2.53. The fraction of sp³-hybridized carbons (Fsp3) is 0.286. The summed E-state index contributed by atoms with van der Waals surface area (Å²) in [5.41, 5.74) is 3.38. The topological polar surface area (TPSA) is 70.6 Å². The van der Waals surface area contributed by atoms with E-state index < -0.39 is 5.97 Å². The number of hydrogen-bond donors (Lipinski definition) is 1. The number of carboxylic acids is 1. The van der Waals surface area contributed by atoms with E-state index in [9.17, 15) is 9.90 Å². The van der Waals surface area contributed by atoms with Gasteiger partial charge in [0.15, 0.2) is 0 Å². The van der Waals surface area contributed by atoms with E-state index in [0.29, 0.717) is 5.92 Å². The van der Waals surface area contributed by atoms with Crippen molar-refractivity contribution in [3.8, 4) is 11.5 Å². The SMILES string of the molecule is COc1cc(OC)c2c(c1)[C@@H]1C=CC[C@@H]1[C@@H](c1ccc(C(=O)[O-])cc1)N2. The fourth-order valence-electron chi connectivity index (χ4n) is 4.08. The molecule has 0 aromatic heterocycles. The van der Waals surface area contributed by atoms with Crippen LogP contribution in [0.2, 0.25) is 0 Å². The van der Waals surface area contributed by atoms with Crippen molar-refractivity contribution < 1.29 is 19.4 Å². The van der Waals surface area contributed by atoms with Crippen LogP contribution in [0.5, 0.6) is 11.5 Å². The van der Waals surface area contributed by atoms with Crippen LogP contribution in [0, 0.1) is 5.92 Å². The van der Waals surface area contributed by atoms with E-state index in [1.54, 1.807) is 26.4 Å². The van der Waals surface area contributed by atoms with Gasteiger partial charge in [0.1, 0.15) is 11.5 Å². The molecule has 134 valence electrons. The lowest BCUT2D eigenvalue weighted by Gasteiger charge is -2.38. The van der Waals surface area contributed by atoms with E-state index in [1.807, 2.05) is 18.2 Å². The maximum absolute atomic E-state index is 11.0. The Morgan fingerprint density at radius 3 is 2.58 bits per heavy atom. The van der Waals surface area contributed by atoms with Crippen molar-refractivity contribution in [3.63, 3.8) is 0 Å². The van der Waals surface area contributed by atoms with Crippen LogP contribution in [0.4, 0.5) is 5.69 Å². The maximum atomic E-state index is 11.0. The zero-order valence-electron chi connectivity index (χ0n) is 14.7. The third-order valence-corrected chi connectivity index (χ3v) is 5.37. The average Bonchev–Trinajstić information content (AvgIpc) is 3.16. The number of aromatic carboxylic acids is 1. The zero-order chi connectivity index (χ0) is 18.3. The minimum Gasteiger partial charge on any atom is -0.545 e. The lowest BCUT2D eigenvalue weighted by Crippen LogP contribution is -2.29. The van der Waals surface area contributed by atoms with E-state index >= 15 is 0 Å². The summed E-state index contributed by atoms with van der Waals surface area (Å²) in [6.07, 6.45) is 5.41. The molecule has 2 aliphatic rings. The van der Waals surface area contributed by atoms with Gasteiger partial charge >= 0.3 is 0 Å². The second kappa shape index (κ2) is 6.41. The van der Waals surface area contributed by atoms with Gasteiger partial charge in [-0.05, 0) is 35.1 Å². The van der Waals surface area contributed by atoms with E-state index in [1.165, 1.54) is 5.56 Å². The van der Waals surface area contributed by atoms with Crippen LogP contribution in [0.1, 0.15) is 39.9 Å². The Kier molecular flexibility index (Phi) is 4.07. The molecular weight excluding hydrogens is 330 g/mol. The van der Waals surface area contributed by atoms with Gasteiger partial charge < -0.3 is 24.7 Å². The largest absolute Gasteiger partial charge is 0.545 e. The number of carbonyl (C=O) groups is 1. The lowest BCUT2D eigenvalue weighted by molar-refractivity contribution is -0.255. The minimum atomic E-state index is -1.16. The van der Waals surface area contributed by atoms with E-state index in [-0.39, 0.29) is 17.5 Å². The van der Waals surface area contributed by atoms with Crippen molar-refractivity contribution in [3.05, 3.63) is 65.2 Å². The second-order valence-electron chi connectivity index (χ2n) is 6.68. The zero-order valence-corrected chi connectivity index (χ0v) is 14.7. The molecular formula is C21H20NO4-. The molecule has 0 bridgehead atoms. The lowest BCUT2D eigenvalue weighted by atomic mass is 9.76. The summed E-state index contributed by atoms with van der Waals surface area (Å²) in [5, 5.41) is 14.6. The first-order valence-electron chi connectivity index (χ1n) is 8.62. The molecule has 1 N–H and O–H groups in total. The highest BCUT2D eigenvalue weighted by atomic mass is 16.5.